The molecule has 1 aliphatic heterocycles. The van der Waals surface area contributed by atoms with Crippen molar-refractivity contribution in [3.8, 4) is 6.07 Å². The van der Waals surface area contributed by atoms with Crippen LogP contribution in [0, 0.1) is 11.3 Å². The topological polar surface area (TPSA) is 61.2 Å². The minimum atomic E-state index is -0.541. The number of nitriles is 1. The van der Waals surface area contributed by atoms with Crippen LogP contribution in [-0.2, 0) is 4.79 Å². The summed E-state index contributed by atoms with van der Waals surface area (Å²) in [6.45, 7) is 0.382. The van der Waals surface area contributed by atoms with Crippen LogP contribution in [0.2, 0.25) is 5.02 Å². The summed E-state index contributed by atoms with van der Waals surface area (Å²) in [5.74, 6) is -1.07. The van der Waals surface area contributed by atoms with E-state index in [4.69, 9.17) is 16.9 Å². The van der Waals surface area contributed by atoms with Gasteiger partial charge < -0.3 is 4.90 Å². The molecule has 0 saturated carbocycles. The molecule has 1 heterocycles. The van der Waals surface area contributed by atoms with E-state index in [9.17, 15) is 9.59 Å². The Morgan fingerprint density at radius 3 is 2.82 bits per heavy atom. The molecule has 0 unspecified atom stereocenters. The van der Waals surface area contributed by atoms with Gasteiger partial charge in [0.25, 0.3) is 11.7 Å². The molecule has 1 amide bonds. The lowest BCUT2D eigenvalue weighted by Crippen LogP contribution is -2.30. The third-order valence-electron chi connectivity index (χ3n) is 2.60. The molecule has 0 aliphatic carbocycles. The van der Waals surface area contributed by atoms with E-state index in [1.54, 1.807) is 12.1 Å². The van der Waals surface area contributed by atoms with Crippen molar-refractivity contribution >= 4 is 29.0 Å². The van der Waals surface area contributed by atoms with Gasteiger partial charge >= 0.3 is 0 Å². The standard InChI is InChI=1S/C12H9ClN2O2/c13-8-3-4-10-9(7-8)11(16)12(17)15(10)6-2-1-5-14/h3-4,7H,1-2,6H2. The molecule has 0 N–H and O–H groups in total. The summed E-state index contributed by atoms with van der Waals surface area (Å²) < 4.78 is 0. The minimum Gasteiger partial charge on any atom is -0.305 e. The number of nitrogens with zero attached hydrogens (tertiary/aromatic N) is 2. The Hall–Kier alpha value is -1.86. The van der Waals surface area contributed by atoms with Crippen LogP contribution in [0.1, 0.15) is 23.2 Å². The van der Waals surface area contributed by atoms with E-state index >= 15 is 0 Å². The van der Waals surface area contributed by atoms with Crippen LogP contribution >= 0.6 is 11.6 Å². The lowest BCUT2D eigenvalue weighted by Gasteiger charge is -2.15. The zero-order valence-corrected chi connectivity index (χ0v) is 9.70. The first kappa shape index (κ1) is 11.6. The Kier molecular flexibility index (Phi) is 3.12. The van der Waals surface area contributed by atoms with Crippen LogP contribution in [0.3, 0.4) is 0 Å². The van der Waals surface area contributed by atoms with E-state index < -0.39 is 11.7 Å². The zero-order chi connectivity index (χ0) is 12.4. The molecule has 0 saturated heterocycles. The third-order valence-corrected chi connectivity index (χ3v) is 2.84. The quantitative estimate of drug-likeness (QED) is 0.608. The molecule has 5 heteroatoms. The molecule has 86 valence electrons. The molecule has 0 aromatic heterocycles. The first-order chi connectivity index (χ1) is 8.15. The van der Waals surface area contributed by atoms with Gasteiger partial charge in [-0.25, -0.2) is 0 Å². The fourth-order valence-electron chi connectivity index (χ4n) is 1.81. The van der Waals surface area contributed by atoms with Crippen molar-refractivity contribution < 1.29 is 9.59 Å². The molecule has 0 atom stereocenters. The highest BCUT2D eigenvalue weighted by Crippen LogP contribution is 2.31. The molecule has 0 fully saturated rings. The zero-order valence-electron chi connectivity index (χ0n) is 8.94. The van der Waals surface area contributed by atoms with Gasteiger partial charge in [-0.05, 0) is 24.6 Å². The third kappa shape index (κ3) is 2.02. The molecule has 2 rings (SSSR count). The number of unbranched alkanes of at least 4 members (excludes halogenated alkanes) is 1. The summed E-state index contributed by atoms with van der Waals surface area (Å²) in [4.78, 5) is 24.8. The average Bonchev–Trinajstić information content (AvgIpc) is 2.54. The molecule has 4 nitrogen and oxygen atoms in total. The second-order valence-electron chi connectivity index (χ2n) is 3.71. The fourth-order valence-corrected chi connectivity index (χ4v) is 1.98. The van der Waals surface area contributed by atoms with Crippen molar-refractivity contribution in [1.82, 2.24) is 0 Å². The van der Waals surface area contributed by atoms with Crippen LogP contribution < -0.4 is 4.90 Å². The highest BCUT2D eigenvalue weighted by Gasteiger charge is 2.35. The van der Waals surface area contributed by atoms with Crippen molar-refractivity contribution in [3.63, 3.8) is 0 Å². The number of rotatable bonds is 3. The van der Waals surface area contributed by atoms with Gasteiger partial charge in [-0.15, -0.1) is 0 Å². The number of benzene rings is 1. The molecular formula is C12H9ClN2O2. The Labute approximate surface area is 103 Å². The van der Waals surface area contributed by atoms with E-state index in [0.717, 1.165) is 0 Å². The normalized spacial score (nSPS) is 13.8. The number of halogens is 1. The summed E-state index contributed by atoms with van der Waals surface area (Å²) >= 11 is 5.79. The maximum Gasteiger partial charge on any atom is 0.299 e. The van der Waals surface area contributed by atoms with E-state index in [0.29, 0.717) is 35.7 Å². The van der Waals surface area contributed by atoms with Gasteiger partial charge in [-0.1, -0.05) is 11.6 Å². The largest absolute Gasteiger partial charge is 0.305 e. The molecule has 1 aromatic rings. The summed E-state index contributed by atoms with van der Waals surface area (Å²) in [5.41, 5.74) is 0.932. The van der Waals surface area contributed by atoms with Crippen LogP contribution in [0.5, 0.6) is 0 Å². The summed E-state index contributed by atoms with van der Waals surface area (Å²) in [6.07, 6.45) is 0.915. The van der Waals surface area contributed by atoms with Gasteiger partial charge in [-0.2, -0.15) is 5.26 Å². The average molecular weight is 249 g/mol. The maximum atomic E-state index is 11.7. The minimum absolute atomic E-state index is 0.347. The predicted molar refractivity (Wildman–Crippen MR) is 63.0 cm³/mol. The second-order valence-corrected chi connectivity index (χ2v) is 4.15. The van der Waals surface area contributed by atoms with E-state index in [1.165, 1.54) is 11.0 Å². The van der Waals surface area contributed by atoms with Crippen molar-refractivity contribution in [2.24, 2.45) is 0 Å². The number of carbonyl (C=O) groups excluding carboxylic acids is 2. The lowest BCUT2D eigenvalue weighted by atomic mass is 10.1. The Balaban J connectivity index is 2.29. The molecule has 0 bridgehead atoms. The summed E-state index contributed by atoms with van der Waals surface area (Å²) in [6, 6.07) is 6.81. The van der Waals surface area contributed by atoms with Crippen molar-refractivity contribution in [1.29, 1.82) is 5.26 Å². The van der Waals surface area contributed by atoms with Crippen molar-refractivity contribution in [3.05, 3.63) is 28.8 Å². The van der Waals surface area contributed by atoms with E-state index in [-0.39, 0.29) is 0 Å². The van der Waals surface area contributed by atoms with Crippen LogP contribution in [-0.4, -0.2) is 18.2 Å². The first-order valence-corrected chi connectivity index (χ1v) is 5.55. The molecule has 17 heavy (non-hydrogen) atoms. The van der Waals surface area contributed by atoms with Crippen molar-refractivity contribution in [2.45, 2.75) is 12.8 Å². The molecule has 0 spiro atoms. The van der Waals surface area contributed by atoms with Gasteiger partial charge in [0.05, 0.1) is 17.3 Å². The van der Waals surface area contributed by atoms with Gasteiger partial charge in [-0.3, -0.25) is 9.59 Å². The number of hydrogen-bond donors (Lipinski definition) is 0. The number of fused-ring (bicyclic) bond motifs is 1. The number of ketones is 1. The Morgan fingerprint density at radius 1 is 1.35 bits per heavy atom. The van der Waals surface area contributed by atoms with E-state index in [2.05, 4.69) is 0 Å². The number of anilines is 1. The first-order valence-electron chi connectivity index (χ1n) is 5.18. The van der Waals surface area contributed by atoms with Crippen molar-refractivity contribution in [2.75, 3.05) is 11.4 Å². The predicted octanol–water partition coefficient (Wildman–Crippen LogP) is 2.17. The van der Waals surface area contributed by atoms with Gasteiger partial charge in [0.2, 0.25) is 0 Å². The van der Waals surface area contributed by atoms with Crippen LogP contribution in [0.15, 0.2) is 18.2 Å². The monoisotopic (exact) mass is 248 g/mol. The summed E-state index contributed by atoms with van der Waals surface area (Å²) in [5, 5.41) is 8.89. The van der Waals surface area contributed by atoms with Gasteiger partial charge in [0.1, 0.15) is 0 Å². The molecule has 0 radical (unpaired) electrons. The fraction of sp³-hybridized carbons (Fsp3) is 0.250. The number of amides is 1. The second kappa shape index (κ2) is 4.56. The summed E-state index contributed by atoms with van der Waals surface area (Å²) in [7, 11) is 0. The molecule has 1 aliphatic rings. The lowest BCUT2D eigenvalue weighted by molar-refractivity contribution is -0.114. The van der Waals surface area contributed by atoms with Gasteiger partial charge in [0, 0.05) is 18.0 Å². The van der Waals surface area contributed by atoms with E-state index in [1.807, 2.05) is 6.07 Å². The number of hydrogen-bond acceptors (Lipinski definition) is 3. The highest BCUT2D eigenvalue weighted by molar-refractivity contribution is 6.52. The molecule has 1 aromatic carbocycles. The van der Waals surface area contributed by atoms with Crippen LogP contribution in [0.25, 0.3) is 0 Å². The Bertz CT molecular complexity index is 534. The van der Waals surface area contributed by atoms with Gasteiger partial charge in [0.15, 0.2) is 0 Å². The molecular weight excluding hydrogens is 240 g/mol. The smallest absolute Gasteiger partial charge is 0.299 e. The van der Waals surface area contributed by atoms with Crippen LogP contribution in [0.4, 0.5) is 5.69 Å². The number of Topliss-reactive ketones (excluding diaryl/α,β-unsaturated/α-hetero) is 1. The SMILES string of the molecule is N#CCCCN1C(=O)C(=O)c2cc(Cl)ccc21. The Morgan fingerprint density at radius 2 is 2.12 bits per heavy atom. The number of carbonyl (C=O) groups is 2. The highest BCUT2D eigenvalue weighted by atomic mass is 35.5. The maximum absolute atomic E-state index is 11.7.